The van der Waals surface area contributed by atoms with Crippen LogP contribution >= 0.6 is 11.6 Å². The minimum absolute atomic E-state index is 0.201. The SMILES string of the molecule is CCCCCOc1ccc(/C=C(\Cl)c2nc3ccccc3c(=O)[nH]2)cc1. The number of aromatic nitrogens is 2. The van der Waals surface area contributed by atoms with Gasteiger partial charge < -0.3 is 9.72 Å². The maximum absolute atomic E-state index is 12.2. The van der Waals surface area contributed by atoms with Gasteiger partial charge in [0.1, 0.15) is 5.75 Å². The van der Waals surface area contributed by atoms with Crippen LogP contribution in [0.4, 0.5) is 0 Å². The lowest BCUT2D eigenvalue weighted by molar-refractivity contribution is 0.306. The standard InChI is InChI=1S/C21H21ClN2O2/c1-2-3-6-13-26-16-11-9-15(10-12-16)14-18(22)20-23-19-8-5-4-7-17(19)21(25)24-20/h4-5,7-12,14H,2-3,6,13H2,1H3,(H,23,24,25)/b18-14-. The molecule has 26 heavy (non-hydrogen) atoms. The van der Waals surface area contributed by atoms with Gasteiger partial charge in [-0.15, -0.1) is 0 Å². The molecule has 0 amide bonds. The van der Waals surface area contributed by atoms with Gasteiger partial charge in [0.05, 0.1) is 22.5 Å². The molecule has 4 nitrogen and oxygen atoms in total. The number of halogens is 1. The minimum atomic E-state index is -0.201. The summed E-state index contributed by atoms with van der Waals surface area (Å²) in [7, 11) is 0. The van der Waals surface area contributed by atoms with Crippen molar-refractivity contribution in [3.63, 3.8) is 0 Å². The molecule has 0 aliphatic carbocycles. The van der Waals surface area contributed by atoms with Crippen molar-refractivity contribution in [1.82, 2.24) is 9.97 Å². The van der Waals surface area contributed by atoms with E-state index in [2.05, 4.69) is 16.9 Å². The van der Waals surface area contributed by atoms with E-state index in [-0.39, 0.29) is 5.56 Å². The fraction of sp³-hybridized carbons (Fsp3) is 0.238. The van der Waals surface area contributed by atoms with E-state index in [1.807, 2.05) is 36.4 Å². The van der Waals surface area contributed by atoms with Gasteiger partial charge in [0.25, 0.3) is 5.56 Å². The first-order valence-electron chi connectivity index (χ1n) is 8.77. The van der Waals surface area contributed by atoms with Gasteiger partial charge >= 0.3 is 0 Å². The Kier molecular flexibility index (Phi) is 6.08. The zero-order valence-electron chi connectivity index (χ0n) is 14.7. The maximum Gasteiger partial charge on any atom is 0.259 e. The number of rotatable bonds is 7. The Balaban J connectivity index is 1.76. The number of aromatic amines is 1. The van der Waals surface area contributed by atoms with Crippen molar-refractivity contribution in [3.05, 3.63) is 70.3 Å². The molecule has 0 saturated heterocycles. The molecule has 2 aromatic carbocycles. The van der Waals surface area contributed by atoms with E-state index in [0.717, 1.165) is 24.3 Å². The van der Waals surface area contributed by atoms with E-state index in [9.17, 15) is 4.79 Å². The third-order valence-electron chi connectivity index (χ3n) is 4.03. The van der Waals surface area contributed by atoms with E-state index in [0.29, 0.717) is 21.8 Å². The molecule has 0 atom stereocenters. The van der Waals surface area contributed by atoms with Crippen LogP contribution < -0.4 is 10.3 Å². The van der Waals surface area contributed by atoms with Gasteiger partial charge in [-0.25, -0.2) is 4.98 Å². The van der Waals surface area contributed by atoms with Gasteiger partial charge in [0, 0.05) is 0 Å². The number of hydrogen-bond donors (Lipinski definition) is 1. The average Bonchev–Trinajstić information content (AvgIpc) is 2.66. The molecule has 1 aromatic heterocycles. The summed E-state index contributed by atoms with van der Waals surface area (Å²) in [5, 5.41) is 0.926. The van der Waals surface area contributed by atoms with Gasteiger partial charge in [-0.3, -0.25) is 4.79 Å². The quantitative estimate of drug-likeness (QED) is 0.581. The summed E-state index contributed by atoms with van der Waals surface area (Å²) in [5.41, 5.74) is 1.33. The van der Waals surface area contributed by atoms with Crippen molar-refractivity contribution in [3.8, 4) is 5.75 Å². The van der Waals surface area contributed by atoms with Gasteiger partial charge in [0.2, 0.25) is 0 Å². The lowest BCUT2D eigenvalue weighted by Gasteiger charge is -2.06. The summed E-state index contributed by atoms with van der Waals surface area (Å²) in [6.07, 6.45) is 5.18. The van der Waals surface area contributed by atoms with Gasteiger partial charge in [-0.2, -0.15) is 0 Å². The molecule has 0 spiro atoms. The van der Waals surface area contributed by atoms with Crippen LogP contribution in [0.25, 0.3) is 22.0 Å². The van der Waals surface area contributed by atoms with E-state index in [4.69, 9.17) is 16.3 Å². The second-order valence-corrected chi connectivity index (χ2v) is 6.46. The number of nitrogens with one attached hydrogen (secondary N) is 1. The monoisotopic (exact) mass is 368 g/mol. The fourth-order valence-corrected chi connectivity index (χ4v) is 2.83. The minimum Gasteiger partial charge on any atom is -0.494 e. The lowest BCUT2D eigenvalue weighted by Crippen LogP contribution is -2.10. The van der Waals surface area contributed by atoms with Gasteiger partial charge in [-0.1, -0.05) is 55.6 Å². The normalized spacial score (nSPS) is 11.7. The van der Waals surface area contributed by atoms with Crippen LogP contribution in [0.2, 0.25) is 0 Å². The predicted molar refractivity (Wildman–Crippen MR) is 108 cm³/mol. The summed E-state index contributed by atoms with van der Waals surface area (Å²) in [6, 6.07) is 14.9. The summed E-state index contributed by atoms with van der Waals surface area (Å²) >= 11 is 6.37. The number of H-pyrrole nitrogens is 1. The fourth-order valence-electron chi connectivity index (χ4n) is 2.62. The smallest absolute Gasteiger partial charge is 0.259 e. The molecule has 0 unspecified atom stereocenters. The van der Waals surface area contributed by atoms with Crippen LogP contribution in [0.3, 0.4) is 0 Å². The number of fused-ring (bicyclic) bond motifs is 1. The molecule has 3 aromatic rings. The second kappa shape index (κ2) is 8.68. The molecule has 0 bridgehead atoms. The van der Waals surface area contributed by atoms with Crippen LogP contribution in [0.5, 0.6) is 5.75 Å². The molecule has 5 heteroatoms. The molecule has 3 rings (SSSR count). The molecule has 0 saturated carbocycles. The Hall–Kier alpha value is -2.59. The Labute approximate surface area is 157 Å². The molecule has 0 radical (unpaired) electrons. The maximum atomic E-state index is 12.2. The number of unbranched alkanes of at least 4 members (excludes halogenated alkanes) is 2. The third kappa shape index (κ3) is 4.52. The van der Waals surface area contributed by atoms with Gasteiger partial charge in [0.15, 0.2) is 5.82 Å². The summed E-state index contributed by atoms with van der Waals surface area (Å²) in [4.78, 5) is 19.3. The first kappa shape index (κ1) is 18.2. The Morgan fingerprint density at radius 2 is 1.92 bits per heavy atom. The highest BCUT2D eigenvalue weighted by Gasteiger charge is 2.06. The molecule has 134 valence electrons. The van der Waals surface area contributed by atoms with Crippen LogP contribution in [-0.2, 0) is 0 Å². The number of nitrogens with zero attached hydrogens (tertiary/aromatic N) is 1. The van der Waals surface area contributed by atoms with Crippen molar-refractivity contribution >= 4 is 33.6 Å². The summed E-state index contributed by atoms with van der Waals surface area (Å²) in [6.45, 7) is 2.90. The summed E-state index contributed by atoms with van der Waals surface area (Å²) < 4.78 is 5.70. The highest BCUT2D eigenvalue weighted by atomic mass is 35.5. The molecule has 1 heterocycles. The van der Waals surface area contributed by atoms with Crippen molar-refractivity contribution < 1.29 is 4.74 Å². The number of para-hydroxylation sites is 1. The van der Waals surface area contributed by atoms with Crippen LogP contribution in [0.15, 0.2) is 53.3 Å². The van der Waals surface area contributed by atoms with E-state index in [1.54, 1.807) is 18.2 Å². The number of benzene rings is 2. The number of ether oxygens (including phenoxy) is 1. The Bertz CT molecular complexity index is 962. The van der Waals surface area contributed by atoms with Gasteiger partial charge in [-0.05, 0) is 42.3 Å². The van der Waals surface area contributed by atoms with Crippen LogP contribution in [0.1, 0.15) is 37.6 Å². The first-order chi connectivity index (χ1) is 12.7. The van der Waals surface area contributed by atoms with E-state index in [1.165, 1.54) is 12.8 Å². The predicted octanol–water partition coefficient (Wildman–Crippen LogP) is 5.23. The van der Waals surface area contributed by atoms with E-state index < -0.39 is 0 Å². The molecule has 0 fully saturated rings. The highest BCUT2D eigenvalue weighted by molar-refractivity contribution is 6.50. The van der Waals surface area contributed by atoms with Crippen molar-refractivity contribution in [2.24, 2.45) is 0 Å². The summed E-state index contributed by atoms with van der Waals surface area (Å²) in [5.74, 6) is 1.20. The molecular formula is C21H21ClN2O2. The Morgan fingerprint density at radius 3 is 2.69 bits per heavy atom. The molecule has 0 aliphatic heterocycles. The van der Waals surface area contributed by atoms with Crippen molar-refractivity contribution in [2.45, 2.75) is 26.2 Å². The third-order valence-corrected chi connectivity index (χ3v) is 4.32. The van der Waals surface area contributed by atoms with Crippen LogP contribution in [-0.4, -0.2) is 16.6 Å². The zero-order chi connectivity index (χ0) is 18.4. The lowest BCUT2D eigenvalue weighted by atomic mass is 10.2. The first-order valence-corrected chi connectivity index (χ1v) is 9.14. The van der Waals surface area contributed by atoms with Crippen molar-refractivity contribution in [2.75, 3.05) is 6.61 Å². The molecule has 1 N–H and O–H groups in total. The van der Waals surface area contributed by atoms with Crippen molar-refractivity contribution in [1.29, 1.82) is 0 Å². The topological polar surface area (TPSA) is 55.0 Å². The second-order valence-electron chi connectivity index (χ2n) is 6.05. The number of hydrogen-bond acceptors (Lipinski definition) is 3. The largest absolute Gasteiger partial charge is 0.494 e. The Morgan fingerprint density at radius 1 is 1.15 bits per heavy atom. The highest BCUT2D eigenvalue weighted by Crippen LogP contribution is 2.21. The molecular weight excluding hydrogens is 348 g/mol. The average molecular weight is 369 g/mol. The van der Waals surface area contributed by atoms with Crippen LogP contribution in [0, 0.1) is 0 Å². The van der Waals surface area contributed by atoms with E-state index >= 15 is 0 Å². The molecule has 0 aliphatic rings. The zero-order valence-corrected chi connectivity index (χ0v) is 15.4.